The minimum atomic E-state index is -0.949. The summed E-state index contributed by atoms with van der Waals surface area (Å²) in [6, 6.07) is 1.19. The van der Waals surface area contributed by atoms with E-state index in [-0.39, 0.29) is 18.9 Å². The molecule has 0 saturated carbocycles. The van der Waals surface area contributed by atoms with Crippen LogP contribution in [0.5, 0.6) is 0 Å². The number of carbonyl (C=O) groups is 2. The van der Waals surface area contributed by atoms with Crippen molar-refractivity contribution >= 4 is 17.9 Å². The first-order valence-electron chi connectivity index (χ1n) is 4.60. The predicted octanol–water partition coefficient (Wildman–Crippen LogP) is 0.415. The second kappa shape index (κ2) is 5.64. The van der Waals surface area contributed by atoms with Gasteiger partial charge in [0, 0.05) is 26.0 Å². The van der Waals surface area contributed by atoms with Gasteiger partial charge >= 0.3 is 12.0 Å². The van der Waals surface area contributed by atoms with E-state index in [4.69, 9.17) is 5.11 Å². The Morgan fingerprint density at radius 1 is 1.44 bits per heavy atom. The summed E-state index contributed by atoms with van der Waals surface area (Å²) in [6.45, 7) is 0.133. The molecule has 0 spiro atoms. The molecule has 0 aliphatic heterocycles. The van der Waals surface area contributed by atoms with Crippen molar-refractivity contribution in [2.24, 2.45) is 0 Å². The summed E-state index contributed by atoms with van der Waals surface area (Å²) in [7, 11) is 1.50. The second-order valence-corrected chi connectivity index (χ2v) is 3.07. The van der Waals surface area contributed by atoms with Crippen molar-refractivity contribution in [1.82, 2.24) is 14.9 Å². The van der Waals surface area contributed by atoms with Crippen molar-refractivity contribution in [2.45, 2.75) is 6.42 Å². The zero-order valence-corrected chi connectivity index (χ0v) is 8.75. The Balaban J connectivity index is 2.43. The molecule has 1 aromatic heterocycles. The maximum atomic E-state index is 11.5. The van der Waals surface area contributed by atoms with Gasteiger partial charge in [0.15, 0.2) is 0 Å². The molecule has 0 saturated heterocycles. The lowest BCUT2D eigenvalue weighted by Crippen LogP contribution is -2.33. The van der Waals surface area contributed by atoms with E-state index in [0.717, 1.165) is 0 Å². The number of anilines is 1. The Kier molecular flexibility index (Phi) is 4.19. The Hall–Kier alpha value is -2.18. The summed E-state index contributed by atoms with van der Waals surface area (Å²) >= 11 is 0. The van der Waals surface area contributed by atoms with Crippen LogP contribution in [0.15, 0.2) is 18.5 Å². The van der Waals surface area contributed by atoms with Crippen LogP contribution in [0.3, 0.4) is 0 Å². The van der Waals surface area contributed by atoms with E-state index in [2.05, 4.69) is 15.3 Å². The molecule has 7 nitrogen and oxygen atoms in total. The number of amides is 2. The topological polar surface area (TPSA) is 95.4 Å². The number of rotatable bonds is 4. The fourth-order valence-corrected chi connectivity index (χ4v) is 0.920. The molecule has 0 aliphatic rings. The molecule has 0 unspecified atom stereocenters. The van der Waals surface area contributed by atoms with Gasteiger partial charge in [-0.1, -0.05) is 0 Å². The lowest BCUT2D eigenvalue weighted by molar-refractivity contribution is -0.137. The van der Waals surface area contributed by atoms with Crippen LogP contribution in [0.25, 0.3) is 0 Å². The second-order valence-electron chi connectivity index (χ2n) is 3.07. The maximum Gasteiger partial charge on any atom is 0.323 e. The summed E-state index contributed by atoms with van der Waals surface area (Å²) in [5, 5.41) is 10.9. The summed E-state index contributed by atoms with van der Waals surface area (Å²) in [6.07, 6.45) is 2.90. The molecule has 0 atom stereocenters. The Labute approximate surface area is 92.1 Å². The molecule has 0 bridgehead atoms. The van der Waals surface area contributed by atoms with Crippen molar-refractivity contribution in [3.8, 4) is 0 Å². The SMILES string of the molecule is CN(CCC(=O)O)C(=O)Nc1ncccn1. The molecule has 0 fully saturated rings. The van der Waals surface area contributed by atoms with Crippen molar-refractivity contribution in [3.05, 3.63) is 18.5 Å². The molecule has 16 heavy (non-hydrogen) atoms. The molecule has 1 rings (SSSR count). The van der Waals surface area contributed by atoms with Crippen LogP contribution >= 0.6 is 0 Å². The average molecular weight is 224 g/mol. The summed E-state index contributed by atoms with van der Waals surface area (Å²) in [4.78, 5) is 30.6. The molecule has 0 aliphatic carbocycles. The fourth-order valence-electron chi connectivity index (χ4n) is 0.920. The van der Waals surface area contributed by atoms with Crippen molar-refractivity contribution in [3.63, 3.8) is 0 Å². The molecule has 0 aromatic carbocycles. The van der Waals surface area contributed by atoms with E-state index in [0.29, 0.717) is 0 Å². The number of hydrogen-bond acceptors (Lipinski definition) is 4. The molecule has 2 amide bonds. The first-order chi connectivity index (χ1) is 7.59. The van der Waals surface area contributed by atoms with Crippen molar-refractivity contribution in [2.75, 3.05) is 18.9 Å². The van der Waals surface area contributed by atoms with Crippen LogP contribution in [0, 0.1) is 0 Å². The molecule has 0 radical (unpaired) electrons. The number of carboxylic acid groups (broad SMARTS) is 1. The quantitative estimate of drug-likeness (QED) is 0.772. The zero-order valence-electron chi connectivity index (χ0n) is 8.75. The highest BCUT2D eigenvalue weighted by molar-refractivity contribution is 5.87. The van der Waals surface area contributed by atoms with Crippen LogP contribution in [-0.2, 0) is 4.79 Å². The minimum absolute atomic E-state index is 0.0977. The van der Waals surface area contributed by atoms with Crippen molar-refractivity contribution < 1.29 is 14.7 Å². The van der Waals surface area contributed by atoms with Crippen LogP contribution in [0.1, 0.15) is 6.42 Å². The highest BCUT2D eigenvalue weighted by atomic mass is 16.4. The number of nitrogens with one attached hydrogen (secondary N) is 1. The van der Waals surface area contributed by atoms with Gasteiger partial charge < -0.3 is 10.0 Å². The molecule has 1 aromatic rings. The summed E-state index contributed by atoms with van der Waals surface area (Å²) in [5.41, 5.74) is 0. The lowest BCUT2D eigenvalue weighted by atomic mass is 10.4. The van der Waals surface area contributed by atoms with Gasteiger partial charge in [-0.05, 0) is 6.07 Å². The van der Waals surface area contributed by atoms with Crippen molar-refractivity contribution in [1.29, 1.82) is 0 Å². The molecule has 7 heteroatoms. The van der Waals surface area contributed by atoms with Gasteiger partial charge in [0.1, 0.15) is 0 Å². The third-order valence-corrected chi connectivity index (χ3v) is 1.79. The smallest absolute Gasteiger partial charge is 0.323 e. The van der Waals surface area contributed by atoms with Gasteiger partial charge in [0.05, 0.1) is 6.42 Å². The number of carbonyl (C=O) groups excluding carboxylic acids is 1. The monoisotopic (exact) mass is 224 g/mol. The molecular formula is C9H12N4O3. The Bertz CT molecular complexity index is 368. The number of carboxylic acids is 1. The first kappa shape index (κ1) is 11.9. The summed E-state index contributed by atoms with van der Waals surface area (Å²) < 4.78 is 0. The highest BCUT2D eigenvalue weighted by Crippen LogP contribution is 1.97. The van der Waals surface area contributed by atoms with Gasteiger partial charge in [-0.25, -0.2) is 14.8 Å². The molecule has 86 valence electrons. The number of urea groups is 1. The van der Waals surface area contributed by atoms with E-state index in [1.165, 1.54) is 24.3 Å². The zero-order chi connectivity index (χ0) is 12.0. The lowest BCUT2D eigenvalue weighted by Gasteiger charge is -2.15. The Morgan fingerprint density at radius 3 is 2.62 bits per heavy atom. The predicted molar refractivity (Wildman–Crippen MR) is 55.9 cm³/mol. The third kappa shape index (κ3) is 3.91. The van der Waals surface area contributed by atoms with Gasteiger partial charge in [-0.3, -0.25) is 10.1 Å². The molecular weight excluding hydrogens is 212 g/mol. The first-order valence-corrected chi connectivity index (χ1v) is 4.60. The van der Waals surface area contributed by atoms with Crippen LogP contribution in [0.2, 0.25) is 0 Å². The van der Waals surface area contributed by atoms with Crippen LogP contribution < -0.4 is 5.32 Å². The van der Waals surface area contributed by atoms with E-state index in [9.17, 15) is 9.59 Å². The van der Waals surface area contributed by atoms with E-state index >= 15 is 0 Å². The van der Waals surface area contributed by atoms with E-state index in [1.54, 1.807) is 6.07 Å². The highest BCUT2D eigenvalue weighted by Gasteiger charge is 2.10. The largest absolute Gasteiger partial charge is 0.481 e. The normalized spacial score (nSPS) is 9.56. The Morgan fingerprint density at radius 2 is 2.06 bits per heavy atom. The van der Waals surface area contributed by atoms with Gasteiger partial charge in [-0.2, -0.15) is 0 Å². The molecule has 2 N–H and O–H groups in total. The van der Waals surface area contributed by atoms with Gasteiger partial charge in [0.2, 0.25) is 5.95 Å². The number of aliphatic carboxylic acids is 1. The average Bonchev–Trinajstić information content (AvgIpc) is 2.27. The number of aromatic nitrogens is 2. The minimum Gasteiger partial charge on any atom is -0.481 e. The number of nitrogens with zero attached hydrogens (tertiary/aromatic N) is 3. The van der Waals surface area contributed by atoms with Gasteiger partial charge in [0.25, 0.3) is 0 Å². The van der Waals surface area contributed by atoms with E-state index in [1.807, 2.05) is 0 Å². The summed E-state index contributed by atoms with van der Waals surface area (Å²) in [5.74, 6) is -0.759. The molecule has 1 heterocycles. The number of hydrogen-bond donors (Lipinski definition) is 2. The maximum absolute atomic E-state index is 11.5. The fraction of sp³-hybridized carbons (Fsp3) is 0.333. The van der Waals surface area contributed by atoms with Gasteiger partial charge in [-0.15, -0.1) is 0 Å². The van der Waals surface area contributed by atoms with E-state index < -0.39 is 12.0 Å². The third-order valence-electron chi connectivity index (χ3n) is 1.79. The van der Waals surface area contributed by atoms with Crippen LogP contribution in [-0.4, -0.2) is 45.6 Å². The van der Waals surface area contributed by atoms with Crippen LogP contribution in [0.4, 0.5) is 10.7 Å². The standard InChI is InChI=1S/C9H12N4O3/c1-13(6-3-7(14)15)9(16)12-8-10-4-2-5-11-8/h2,4-5H,3,6H2,1H3,(H,14,15)(H,10,11,12,16).